The molecule has 0 saturated carbocycles. The molecule has 1 saturated heterocycles. The smallest absolute Gasteiger partial charge is 0.131 e. The average Bonchev–Trinajstić information content (AvgIpc) is 2.92. The zero-order chi connectivity index (χ0) is 14.8. The normalized spacial score (nSPS) is 16.0. The molecule has 1 N–H and O–H groups in total. The van der Waals surface area contributed by atoms with Crippen molar-refractivity contribution in [1.82, 2.24) is 14.9 Å². The van der Waals surface area contributed by atoms with Gasteiger partial charge in [-0.1, -0.05) is 11.6 Å². The molecule has 3 rings (SSSR count). The van der Waals surface area contributed by atoms with E-state index in [1.807, 2.05) is 12.3 Å². The van der Waals surface area contributed by atoms with E-state index in [1.54, 1.807) is 0 Å². The maximum atomic E-state index is 6.20. The second-order valence-corrected chi connectivity index (χ2v) is 6.33. The van der Waals surface area contributed by atoms with Crippen molar-refractivity contribution in [2.45, 2.75) is 39.3 Å². The maximum absolute atomic E-state index is 6.20. The number of likely N-dealkylation sites (tertiary alicyclic amines) is 1. The van der Waals surface area contributed by atoms with Gasteiger partial charge in [-0.05, 0) is 51.4 Å². The van der Waals surface area contributed by atoms with Crippen molar-refractivity contribution >= 4 is 28.3 Å². The molecule has 0 aromatic carbocycles. The van der Waals surface area contributed by atoms with Gasteiger partial charge >= 0.3 is 0 Å². The van der Waals surface area contributed by atoms with Crippen LogP contribution < -0.4 is 5.32 Å². The summed E-state index contributed by atoms with van der Waals surface area (Å²) in [4.78, 5) is 11.5. The van der Waals surface area contributed by atoms with Crippen molar-refractivity contribution in [1.29, 1.82) is 0 Å². The summed E-state index contributed by atoms with van der Waals surface area (Å²) in [5, 5.41) is 3.92. The van der Waals surface area contributed by atoms with Crippen LogP contribution in [0.4, 0.5) is 5.69 Å². The van der Waals surface area contributed by atoms with E-state index in [2.05, 4.69) is 40.1 Å². The summed E-state index contributed by atoms with van der Waals surface area (Å²) >= 11 is 6.20. The van der Waals surface area contributed by atoms with Crippen molar-refractivity contribution in [2.75, 3.05) is 18.4 Å². The molecule has 0 bridgehead atoms. The van der Waals surface area contributed by atoms with Crippen molar-refractivity contribution in [2.24, 2.45) is 0 Å². The van der Waals surface area contributed by atoms with Crippen LogP contribution in [-0.4, -0.2) is 34.0 Å². The summed E-state index contributed by atoms with van der Waals surface area (Å²) in [6, 6.07) is 4.25. The van der Waals surface area contributed by atoms with Crippen LogP contribution in [0.1, 0.15) is 32.3 Å². The van der Waals surface area contributed by atoms with Crippen LogP contribution in [0.5, 0.6) is 0 Å². The summed E-state index contributed by atoms with van der Waals surface area (Å²) in [6.45, 7) is 7.47. The van der Waals surface area contributed by atoms with Crippen molar-refractivity contribution in [3.05, 3.63) is 29.0 Å². The van der Waals surface area contributed by atoms with E-state index in [-0.39, 0.29) is 0 Å². The molecule has 0 unspecified atom stereocenters. The number of anilines is 1. The molecule has 21 heavy (non-hydrogen) atoms. The molecule has 0 spiro atoms. The Morgan fingerprint density at radius 2 is 2.05 bits per heavy atom. The number of rotatable bonds is 4. The van der Waals surface area contributed by atoms with Gasteiger partial charge in [0.25, 0.3) is 0 Å². The molecule has 1 aliphatic heterocycles. The molecule has 112 valence electrons. The van der Waals surface area contributed by atoms with Crippen LogP contribution in [0.3, 0.4) is 0 Å². The average molecular weight is 305 g/mol. The number of pyridine rings is 2. The van der Waals surface area contributed by atoms with E-state index < -0.39 is 0 Å². The van der Waals surface area contributed by atoms with Crippen LogP contribution >= 0.6 is 11.6 Å². The molecule has 1 fully saturated rings. The summed E-state index contributed by atoms with van der Waals surface area (Å²) in [5.41, 5.74) is 3.99. The Balaban J connectivity index is 2.02. The standard InChI is InChI=1S/C16H21ClN4/c1-11(2)19-13-9-14(17)20-15-12(5-6-18-16(13)15)10-21-7-3-4-8-21/h5-6,9,11H,3-4,7-8,10H2,1-2H3,(H,19,20). The largest absolute Gasteiger partial charge is 0.381 e. The summed E-state index contributed by atoms with van der Waals surface area (Å²) in [6.07, 6.45) is 4.45. The zero-order valence-corrected chi connectivity index (χ0v) is 13.3. The highest BCUT2D eigenvalue weighted by atomic mass is 35.5. The maximum Gasteiger partial charge on any atom is 0.131 e. The fourth-order valence-electron chi connectivity index (χ4n) is 2.87. The lowest BCUT2D eigenvalue weighted by Gasteiger charge is -2.17. The van der Waals surface area contributed by atoms with Gasteiger partial charge in [-0.15, -0.1) is 0 Å². The summed E-state index contributed by atoms with van der Waals surface area (Å²) in [7, 11) is 0. The molecular formula is C16H21ClN4. The highest BCUT2D eigenvalue weighted by Crippen LogP contribution is 2.27. The fraction of sp³-hybridized carbons (Fsp3) is 0.500. The first-order valence-electron chi connectivity index (χ1n) is 7.56. The first-order valence-corrected chi connectivity index (χ1v) is 7.94. The molecule has 1 aliphatic rings. The van der Waals surface area contributed by atoms with Crippen molar-refractivity contribution in [3.8, 4) is 0 Å². The third-order valence-corrected chi connectivity index (χ3v) is 3.98. The van der Waals surface area contributed by atoms with E-state index in [4.69, 9.17) is 11.6 Å². The molecular weight excluding hydrogens is 284 g/mol. The minimum Gasteiger partial charge on any atom is -0.381 e. The van der Waals surface area contributed by atoms with E-state index in [1.165, 1.54) is 31.5 Å². The van der Waals surface area contributed by atoms with Crippen LogP contribution in [0.2, 0.25) is 5.15 Å². The van der Waals surface area contributed by atoms with Gasteiger partial charge in [0.2, 0.25) is 0 Å². The van der Waals surface area contributed by atoms with Crippen LogP contribution in [0.15, 0.2) is 18.3 Å². The third kappa shape index (κ3) is 3.27. The number of aromatic nitrogens is 2. The Morgan fingerprint density at radius 1 is 1.29 bits per heavy atom. The topological polar surface area (TPSA) is 41.1 Å². The molecule has 0 amide bonds. The number of halogens is 1. The highest BCUT2D eigenvalue weighted by Gasteiger charge is 2.16. The van der Waals surface area contributed by atoms with Crippen molar-refractivity contribution in [3.63, 3.8) is 0 Å². The van der Waals surface area contributed by atoms with E-state index in [0.717, 1.165) is 23.3 Å². The number of nitrogens with one attached hydrogen (secondary N) is 1. The zero-order valence-electron chi connectivity index (χ0n) is 12.6. The molecule has 2 aromatic rings. The van der Waals surface area contributed by atoms with Gasteiger partial charge in [-0.3, -0.25) is 9.88 Å². The second-order valence-electron chi connectivity index (χ2n) is 5.94. The number of hydrogen-bond donors (Lipinski definition) is 1. The predicted octanol–water partition coefficient (Wildman–Crippen LogP) is 3.70. The monoisotopic (exact) mass is 304 g/mol. The Hall–Kier alpha value is -1.39. The molecule has 2 aromatic heterocycles. The Labute approximate surface area is 130 Å². The molecule has 0 atom stereocenters. The molecule has 4 nitrogen and oxygen atoms in total. The second kappa shape index (κ2) is 6.16. The molecule has 5 heteroatoms. The molecule has 3 heterocycles. The Morgan fingerprint density at radius 3 is 2.76 bits per heavy atom. The minimum atomic E-state index is 0.329. The lowest BCUT2D eigenvalue weighted by molar-refractivity contribution is 0.332. The van der Waals surface area contributed by atoms with E-state index in [9.17, 15) is 0 Å². The lowest BCUT2D eigenvalue weighted by Crippen LogP contribution is -2.19. The number of fused-ring (bicyclic) bond motifs is 1. The first-order chi connectivity index (χ1) is 10.1. The van der Waals surface area contributed by atoms with E-state index in [0.29, 0.717) is 11.2 Å². The number of hydrogen-bond acceptors (Lipinski definition) is 4. The SMILES string of the molecule is CC(C)Nc1cc(Cl)nc2c(CN3CCCC3)ccnc12. The fourth-order valence-corrected chi connectivity index (χ4v) is 3.07. The predicted molar refractivity (Wildman–Crippen MR) is 87.8 cm³/mol. The van der Waals surface area contributed by atoms with Gasteiger partial charge in [0.05, 0.1) is 11.2 Å². The molecule has 0 aliphatic carbocycles. The Bertz CT molecular complexity index is 635. The minimum absolute atomic E-state index is 0.329. The first kappa shape index (κ1) is 14.5. The molecule has 0 radical (unpaired) electrons. The van der Waals surface area contributed by atoms with Gasteiger partial charge in [0, 0.05) is 24.8 Å². The highest BCUT2D eigenvalue weighted by molar-refractivity contribution is 6.30. The van der Waals surface area contributed by atoms with Crippen molar-refractivity contribution < 1.29 is 0 Å². The summed E-state index contributed by atoms with van der Waals surface area (Å²) < 4.78 is 0. The third-order valence-electron chi connectivity index (χ3n) is 3.78. The van der Waals surface area contributed by atoms with Crippen LogP contribution in [0.25, 0.3) is 11.0 Å². The Kier molecular flexibility index (Phi) is 4.27. The number of nitrogens with zero attached hydrogens (tertiary/aromatic N) is 3. The summed E-state index contributed by atoms with van der Waals surface area (Å²) in [5.74, 6) is 0. The van der Waals surface area contributed by atoms with Gasteiger partial charge in [-0.25, -0.2) is 4.98 Å². The van der Waals surface area contributed by atoms with Gasteiger partial charge < -0.3 is 5.32 Å². The van der Waals surface area contributed by atoms with Gasteiger partial charge in [-0.2, -0.15) is 0 Å². The van der Waals surface area contributed by atoms with Gasteiger partial charge in [0.1, 0.15) is 10.7 Å². The van der Waals surface area contributed by atoms with E-state index >= 15 is 0 Å². The van der Waals surface area contributed by atoms with Gasteiger partial charge in [0.15, 0.2) is 0 Å². The lowest BCUT2D eigenvalue weighted by atomic mass is 10.1. The van der Waals surface area contributed by atoms with Crippen LogP contribution in [0, 0.1) is 0 Å². The quantitative estimate of drug-likeness (QED) is 0.875. The van der Waals surface area contributed by atoms with Crippen LogP contribution in [-0.2, 0) is 6.54 Å².